The van der Waals surface area contributed by atoms with E-state index in [1.807, 2.05) is 24.3 Å². The van der Waals surface area contributed by atoms with Gasteiger partial charge in [-0.3, -0.25) is 0 Å². The molecular formula is C17H18FNO2. The first-order valence-corrected chi connectivity index (χ1v) is 7.11. The zero-order valence-corrected chi connectivity index (χ0v) is 11.7. The molecule has 1 aliphatic rings. The first kappa shape index (κ1) is 13.9. The Kier molecular flexibility index (Phi) is 4.06. The van der Waals surface area contributed by atoms with Crippen LogP contribution in [0.3, 0.4) is 0 Å². The molecule has 0 fully saturated rings. The van der Waals surface area contributed by atoms with Crippen molar-refractivity contribution in [2.24, 2.45) is 5.73 Å². The Morgan fingerprint density at radius 2 is 2.05 bits per heavy atom. The second-order valence-electron chi connectivity index (χ2n) is 5.12. The maximum absolute atomic E-state index is 13.9. The van der Waals surface area contributed by atoms with E-state index in [1.54, 1.807) is 12.1 Å². The van der Waals surface area contributed by atoms with Crippen molar-refractivity contribution < 1.29 is 13.9 Å². The van der Waals surface area contributed by atoms with Crippen molar-refractivity contribution >= 4 is 0 Å². The van der Waals surface area contributed by atoms with Gasteiger partial charge in [-0.25, -0.2) is 4.39 Å². The van der Waals surface area contributed by atoms with E-state index in [0.29, 0.717) is 18.8 Å². The Bertz CT molecular complexity index is 630. The van der Waals surface area contributed by atoms with Gasteiger partial charge in [0.1, 0.15) is 5.75 Å². The van der Waals surface area contributed by atoms with Crippen LogP contribution in [0.25, 0.3) is 0 Å². The second kappa shape index (κ2) is 6.14. The van der Waals surface area contributed by atoms with Crippen LogP contribution in [0.15, 0.2) is 42.5 Å². The lowest BCUT2D eigenvalue weighted by Gasteiger charge is -2.26. The Morgan fingerprint density at radius 3 is 2.90 bits per heavy atom. The molecule has 0 aromatic heterocycles. The summed E-state index contributed by atoms with van der Waals surface area (Å²) < 4.78 is 25.3. The van der Waals surface area contributed by atoms with Gasteiger partial charge in [0.25, 0.3) is 0 Å². The number of halogens is 1. The van der Waals surface area contributed by atoms with Gasteiger partial charge in [0.05, 0.1) is 13.2 Å². The molecule has 0 radical (unpaired) electrons. The molecule has 110 valence electrons. The van der Waals surface area contributed by atoms with Crippen molar-refractivity contribution in [3.8, 4) is 11.5 Å². The van der Waals surface area contributed by atoms with E-state index in [0.717, 1.165) is 17.7 Å². The van der Waals surface area contributed by atoms with Gasteiger partial charge in [-0.1, -0.05) is 30.3 Å². The summed E-state index contributed by atoms with van der Waals surface area (Å²) >= 11 is 0. The number of hydrogen-bond donors (Lipinski definition) is 1. The van der Waals surface area contributed by atoms with Crippen molar-refractivity contribution in [3.63, 3.8) is 0 Å². The highest BCUT2D eigenvalue weighted by Crippen LogP contribution is 2.34. The van der Waals surface area contributed by atoms with Gasteiger partial charge in [0, 0.05) is 23.6 Å². The summed E-state index contributed by atoms with van der Waals surface area (Å²) in [5.74, 6) is 1.01. The Morgan fingerprint density at radius 1 is 1.19 bits per heavy atom. The maximum atomic E-state index is 13.9. The molecule has 2 aromatic carbocycles. The number of rotatable bonds is 4. The number of ether oxygens (including phenoxy) is 2. The van der Waals surface area contributed by atoms with Crippen LogP contribution < -0.4 is 15.2 Å². The fourth-order valence-electron chi connectivity index (χ4n) is 2.65. The third kappa shape index (κ3) is 2.85. The molecule has 1 unspecified atom stereocenters. The van der Waals surface area contributed by atoms with Crippen LogP contribution in [0, 0.1) is 5.82 Å². The van der Waals surface area contributed by atoms with Gasteiger partial charge < -0.3 is 15.2 Å². The Labute approximate surface area is 123 Å². The molecule has 0 aliphatic carbocycles. The molecule has 2 N–H and O–H groups in total. The van der Waals surface area contributed by atoms with Crippen LogP contribution in [-0.2, 0) is 6.54 Å². The first-order chi connectivity index (χ1) is 10.3. The van der Waals surface area contributed by atoms with Crippen LogP contribution in [0.1, 0.15) is 23.5 Å². The number of para-hydroxylation sites is 2. The molecular weight excluding hydrogens is 269 g/mol. The molecule has 3 rings (SSSR count). The van der Waals surface area contributed by atoms with Gasteiger partial charge in [-0.15, -0.1) is 0 Å². The van der Waals surface area contributed by atoms with Crippen LogP contribution in [0.5, 0.6) is 11.5 Å². The number of benzene rings is 2. The van der Waals surface area contributed by atoms with E-state index < -0.39 is 0 Å². The quantitative estimate of drug-likeness (QED) is 0.939. The van der Waals surface area contributed by atoms with E-state index in [-0.39, 0.29) is 24.0 Å². The van der Waals surface area contributed by atoms with E-state index in [4.69, 9.17) is 15.2 Å². The highest BCUT2D eigenvalue weighted by Gasteiger charge is 2.22. The third-order valence-corrected chi connectivity index (χ3v) is 3.78. The fourth-order valence-corrected chi connectivity index (χ4v) is 2.65. The van der Waals surface area contributed by atoms with Crippen LogP contribution in [-0.4, -0.2) is 13.2 Å². The summed E-state index contributed by atoms with van der Waals surface area (Å²) in [6.45, 7) is 1.35. The highest BCUT2D eigenvalue weighted by atomic mass is 19.1. The van der Waals surface area contributed by atoms with Gasteiger partial charge in [-0.05, 0) is 18.6 Å². The molecule has 1 atom stereocenters. The average molecular weight is 287 g/mol. The highest BCUT2D eigenvalue weighted by molar-refractivity contribution is 5.39. The molecule has 1 heterocycles. The molecule has 0 saturated heterocycles. The minimum absolute atomic E-state index is 0.209. The van der Waals surface area contributed by atoms with Gasteiger partial charge in [0.2, 0.25) is 0 Å². The number of hydrogen-bond acceptors (Lipinski definition) is 3. The van der Waals surface area contributed by atoms with Crippen molar-refractivity contribution in [1.29, 1.82) is 0 Å². The van der Waals surface area contributed by atoms with Crippen molar-refractivity contribution in [2.45, 2.75) is 18.9 Å². The van der Waals surface area contributed by atoms with Crippen LogP contribution >= 0.6 is 0 Å². The van der Waals surface area contributed by atoms with Crippen molar-refractivity contribution in [1.82, 2.24) is 0 Å². The lowest BCUT2D eigenvalue weighted by atomic mass is 9.94. The predicted molar refractivity (Wildman–Crippen MR) is 79.1 cm³/mol. The molecule has 3 nitrogen and oxygen atoms in total. The molecule has 21 heavy (non-hydrogen) atoms. The normalized spacial score (nSPS) is 17.0. The summed E-state index contributed by atoms with van der Waals surface area (Å²) in [6.07, 6.45) is 0.865. The standard InChI is InChI=1S/C17H18FNO2/c18-15-6-3-4-12(10-19)17(15)21-11-13-8-9-20-16-7-2-1-5-14(13)16/h1-7,13H,8-11,19H2. The molecule has 4 heteroatoms. The molecule has 1 aliphatic heterocycles. The zero-order chi connectivity index (χ0) is 14.7. The van der Waals surface area contributed by atoms with Crippen LogP contribution in [0.4, 0.5) is 4.39 Å². The lowest BCUT2D eigenvalue weighted by molar-refractivity contribution is 0.212. The lowest BCUT2D eigenvalue weighted by Crippen LogP contribution is -2.20. The maximum Gasteiger partial charge on any atom is 0.165 e. The van der Waals surface area contributed by atoms with E-state index in [1.165, 1.54) is 6.07 Å². The Balaban J connectivity index is 1.78. The largest absolute Gasteiger partial charge is 0.493 e. The summed E-state index contributed by atoms with van der Waals surface area (Å²) in [7, 11) is 0. The number of fused-ring (bicyclic) bond motifs is 1. The van der Waals surface area contributed by atoms with E-state index in [2.05, 4.69) is 0 Å². The molecule has 0 saturated carbocycles. The molecule has 0 amide bonds. The first-order valence-electron chi connectivity index (χ1n) is 7.11. The zero-order valence-electron chi connectivity index (χ0n) is 11.7. The van der Waals surface area contributed by atoms with Crippen molar-refractivity contribution in [2.75, 3.05) is 13.2 Å². The summed E-state index contributed by atoms with van der Waals surface area (Å²) in [4.78, 5) is 0. The van der Waals surface area contributed by atoms with Gasteiger partial charge >= 0.3 is 0 Å². The molecule has 0 spiro atoms. The SMILES string of the molecule is NCc1cccc(F)c1OCC1CCOc2ccccc21. The molecule has 0 bridgehead atoms. The summed E-state index contributed by atoms with van der Waals surface area (Å²) in [5, 5.41) is 0. The smallest absolute Gasteiger partial charge is 0.165 e. The summed E-state index contributed by atoms with van der Waals surface area (Å²) in [5.41, 5.74) is 7.45. The van der Waals surface area contributed by atoms with Gasteiger partial charge in [0.15, 0.2) is 11.6 Å². The van der Waals surface area contributed by atoms with Gasteiger partial charge in [-0.2, -0.15) is 0 Å². The summed E-state index contributed by atoms with van der Waals surface area (Å²) in [6, 6.07) is 12.8. The fraction of sp³-hybridized carbons (Fsp3) is 0.294. The second-order valence-corrected chi connectivity index (χ2v) is 5.12. The number of nitrogens with two attached hydrogens (primary N) is 1. The third-order valence-electron chi connectivity index (χ3n) is 3.78. The molecule has 2 aromatic rings. The predicted octanol–water partition coefficient (Wildman–Crippen LogP) is 3.23. The van der Waals surface area contributed by atoms with E-state index in [9.17, 15) is 4.39 Å². The van der Waals surface area contributed by atoms with E-state index >= 15 is 0 Å². The minimum Gasteiger partial charge on any atom is -0.493 e. The van der Waals surface area contributed by atoms with Crippen LogP contribution in [0.2, 0.25) is 0 Å². The monoisotopic (exact) mass is 287 g/mol. The average Bonchev–Trinajstić information content (AvgIpc) is 2.53. The Hall–Kier alpha value is -2.07. The van der Waals surface area contributed by atoms with Crippen molar-refractivity contribution in [3.05, 3.63) is 59.4 Å². The minimum atomic E-state index is -0.363. The topological polar surface area (TPSA) is 44.5 Å².